The predicted molar refractivity (Wildman–Crippen MR) is 109 cm³/mol. The molecule has 2 amide bonds. The monoisotopic (exact) mass is 371 g/mol. The molecule has 0 fully saturated rings. The van der Waals surface area contributed by atoms with Crippen LogP contribution in [0.25, 0.3) is 0 Å². The Morgan fingerprint density at radius 1 is 1.07 bits per heavy atom. The summed E-state index contributed by atoms with van der Waals surface area (Å²) in [6.45, 7) is 0.642. The summed E-state index contributed by atoms with van der Waals surface area (Å²) in [6.07, 6.45) is 3.23. The fraction of sp³-hybridized carbons (Fsp3) is 0.174. The van der Waals surface area contributed by atoms with Gasteiger partial charge in [0.25, 0.3) is 11.8 Å². The molecule has 0 saturated carbocycles. The van der Waals surface area contributed by atoms with Gasteiger partial charge in [0.1, 0.15) is 5.82 Å². The number of pyridine rings is 1. The third-order valence-corrected chi connectivity index (χ3v) is 5.03. The number of carbonyl (C=O) groups is 2. The van der Waals surface area contributed by atoms with E-state index in [1.165, 1.54) is 0 Å². The summed E-state index contributed by atoms with van der Waals surface area (Å²) in [5.74, 6) is 0.589. The van der Waals surface area contributed by atoms with E-state index >= 15 is 0 Å². The summed E-state index contributed by atoms with van der Waals surface area (Å²) in [5, 5.41) is 2.62. The highest BCUT2D eigenvalue weighted by Gasteiger charge is 2.26. The van der Waals surface area contributed by atoms with Crippen molar-refractivity contribution in [2.24, 2.45) is 0 Å². The summed E-state index contributed by atoms with van der Waals surface area (Å²) < 4.78 is 0. The van der Waals surface area contributed by atoms with Gasteiger partial charge in [-0.05, 0) is 59.9 Å². The van der Waals surface area contributed by atoms with Crippen molar-refractivity contribution in [1.29, 1.82) is 0 Å². The molecule has 0 unspecified atom stereocenters. The van der Waals surface area contributed by atoms with Crippen molar-refractivity contribution >= 4 is 17.6 Å². The van der Waals surface area contributed by atoms with Gasteiger partial charge in [0.05, 0.1) is 0 Å². The number of hydrogen-bond donors (Lipinski definition) is 1. The largest absolute Gasteiger partial charge is 0.355 e. The average molecular weight is 371 g/mol. The van der Waals surface area contributed by atoms with Crippen molar-refractivity contribution in [2.45, 2.75) is 12.8 Å². The van der Waals surface area contributed by atoms with Crippen LogP contribution in [0.3, 0.4) is 0 Å². The Balaban J connectivity index is 1.56. The lowest BCUT2D eigenvalue weighted by Gasteiger charge is -2.28. The first-order valence-corrected chi connectivity index (χ1v) is 9.31. The number of nitrogens with one attached hydrogen (secondary N) is 1. The molecule has 1 aliphatic rings. The van der Waals surface area contributed by atoms with E-state index in [0.29, 0.717) is 24.3 Å². The van der Waals surface area contributed by atoms with Gasteiger partial charge in [-0.1, -0.05) is 30.3 Å². The summed E-state index contributed by atoms with van der Waals surface area (Å²) in [4.78, 5) is 30.7. The van der Waals surface area contributed by atoms with E-state index in [0.717, 1.165) is 28.7 Å². The van der Waals surface area contributed by atoms with Crippen LogP contribution in [0.1, 0.15) is 37.4 Å². The number of fused-ring (bicyclic) bond motifs is 1. The molecule has 5 heteroatoms. The molecule has 1 N–H and O–H groups in total. The molecule has 5 nitrogen and oxygen atoms in total. The third kappa shape index (κ3) is 3.51. The van der Waals surface area contributed by atoms with Crippen molar-refractivity contribution in [3.05, 3.63) is 94.7 Å². The molecular formula is C23H21N3O2. The van der Waals surface area contributed by atoms with Gasteiger partial charge in [-0.15, -0.1) is 0 Å². The molecule has 3 aromatic rings. The van der Waals surface area contributed by atoms with Crippen LogP contribution in [0.5, 0.6) is 0 Å². The SMILES string of the molecule is CNC(=O)c1ccc(Cc2ccc3c(c2)C(=O)N(c2ccccn2)CC3)cc1. The number of aromatic nitrogens is 1. The zero-order chi connectivity index (χ0) is 19.5. The lowest BCUT2D eigenvalue weighted by atomic mass is 9.94. The number of benzene rings is 2. The predicted octanol–water partition coefficient (Wildman–Crippen LogP) is 3.23. The minimum atomic E-state index is -0.0967. The van der Waals surface area contributed by atoms with Gasteiger partial charge in [0, 0.05) is 30.9 Å². The first-order valence-electron chi connectivity index (χ1n) is 9.31. The molecule has 0 spiro atoms. The van der Waals surface area contributed by atoms with Gasteiger partial charge in [0.15, 0.2) is 0 Å². The number of anilines is 1. The van der Waals surface area contributed by atoms with Crippen LogP contribution in [0.4, 0.5) is 5.82 Å². The topological polar surface area (TPSA) is 62.3 Å². The average Bonchev–Trinajstić information content (AvgIpc) is 2.75. The Kier molecular flexibility index (Phi) is 4.89. The van der Waals surface area contributed by atoms with Crippen molar-refractivity contribution in [3.8, 4) is 0 Å². The molecule has 0 radical (unpaired) electrons. The van der Waals surface area contributed by atoms with Gasteiger partial charge in [-0.25, -0.2) is 4.98 Å². The van der Waals surface area contributed by atoms with Crippen molar-refractivity contribution in [1.82, 2.24) is 10.3 Å². The van der Waals surface area contributed by atoms with Gasteiger partial charge in [-0.2, -0.15) is 0 Å². The van der Waals surface area contributed by atoms with Crippen molar-refractivity contribution < 1.29 is 9.59 Å². The maximum absolute atomic E-state index is 13.0. The molecule has 0 aliphatic carbocycles. The van der Waals surface area contributed by atoms with Crippen LogP contribution >= 0.6 is 0 Å². The smallest absolute Gasteiger partial charge is 0.259 e. The molecule has 28 heavy (non-hydrogen) atoms. The van der Waals surface area contributed by atoms with Crippen LogP contribution in [0.15, 0.2) is 66.9 Å². The summed E-state index contributed by atoms with van der Waals surface area (Å²) >= 11 is 0. The van der Waals surface area contributed by atoms with E-state index in [9.17, 15) is 9.59 Å². The maximum atomic E-state index is 13.0. The molecule has 1 aromatic heterocycles. The number of carbonyl (C=O) groups excluding carboxylic acids is 2. The Labute approximate surface area is 164 Å². The van der Waals surface area contributed by atoms with Crippen molar-refractivity contribution in [2.75, 3.05) is 18.5 Å². The highest BCUT2D eigenvalue weighted by Crippen LogP contribution is 2.25. The van der Waals surface area contributed by atoms with Crippen LogP contribution in [-0.2, 0) is 12.8 Å². The molecule has 0 saturated heterocycles. The first kappa shape index (κ1) is 17.9. The lowest BCUT2D eigenvalue weighted by molar-refractivity contribution is 0.0960. The molecule has 2 aromatic carbocycles. The van der Waals surface area contributed by atoms with Gasteiger partial charge >= 0.3 is 0 Å². The first-order chi connectivity index (χ1) is 13.7. The van der Waals surface area contributed by atoms with Gasteiger partial charge in [0.2, 0.25) is 0 Å². The zero-order valence-corrected chi connectivity index (χ0v) is 15.7. The maximum Gasteiger partial charge on any atom is 0.259 e. The number of amides is 2. The normalized spacial score (nSPS) is 13.2. The van der Waals surface area contributed by atoms with E-state index < -0.39 is 0 Å². The molecular weight excluding hydrogens is 350 g/mol. The quantitative estimate of drug-likeness (QED) is 0.766. The third-order valence-electron chi connectivity index (χ3n) is 5.03. The molecule has 4 rings (SSSR count). The summed E-state index contributed by atoms with van der Waals surface area (Å²) in [7, 11) is 1.62. The second-order valence-corrected chi connectivity index (χ2v) is 6.84. The fourth-order valence-electron chi connectivity index (χ4n) is 3.52. The van der Waals surface area contributed by atoms with E-state index in [4.69, 9.17) is 0 Å². The molecule has 0 atom stereocenters. The zero-order valence-electron chi connectivity index (χ0n) is 15.7. The lowest BCUT2D eigenvalue weighted by Crippen LogP contribution is -2.38. The number of hydrogen-bond acceptors (Lipinski definition) is 3. The minimum Gasteiger partial charge on any atom is -0.355 e. The number of nitrogens with zero attached hydrogens (tertiary/aromatic N) is 2. The van der Waals surface area contributed by atoms with Crippen LogP contribution < -0.4 is 10.2 Å². The highest BCUT2D eigenvalue weighted by atomic mass is 16.2. The number of rotatable bonds is 4. The summed E-state index contributed by atoms with van der Waals surface area (Å²) in [5.41, 5.74) is 4.63. The van der Waals surface area contributed by atoms with Gasteiger partial charge in [-0.3, -0.25) is 14.5 Å². The molecule has 1 aliphatic heterocycles. The minimum absolute atomic E-state index is 0.00300. The van der Waals surface area contributed by atoms with Crippen molar-refractivity contribution in [3.63, 3.8) is 0 Å². The second-order valence-electron chi connectivity index (χ2n) is 6.84. The van der Waals surface area contributed by atoms with E-state index in [1.54, 1.807) is 18.1 Å². The molecule has 140 valence electrons. The Morgan fingerprint density at radius 3 is 2.57 bits per heavy atom. The van der Waals surface area contributed by atoms with Crippen LogP contribution in [0, 0.1) is 0 Å². The standard InChI is InChI=1S/C23H21N3O2/c1-24-22(27)19-9-5-16(6-10-19)14-17-7-8-18-11-13-26(23(28)20(18)15-17)21-4-2-3-12-25-21/h2-10,12,15H,11,13-14H2,1H3,(H,24,27). The van der Waals surface area contributed by atoms with Crippen LogP contribution in [0.2, 0.25) is 0 Å². The summed E-state index contributed by atoms with van der Waals surface area (Å²) in [6, 6.07) is 19.3. The highest BCUT2D eigenvalue weighted by molar-refractivity contribution is 6.07. The Hall–Kier alpha value is -3.47. The molecule has 2 heterocycles. The van der Waals surface area contributed by atoms with Crippen LogP contribution in [-0.4, -0.2) is 30.4 Å². The second kappa shape index (κ2) is 7.64. The Bertz CT molecular complexity index is 1010. The molecule has 0 bridgehead atoms. The van der Waals surface area contributed by atoms with Gasteiger partial charge < -0.3 is 5.32 Å². The van der Waals surface area contributed by atoms with E-state index in [-0.39, 0.29) is 11.8 Å². The fourth-order valence-corrected chi connectivity index (χ4v) is 3.52. The Morgan fingerprint density at radius 2 is 1.86 bits per heavy atom. The van der Waals surface area contributed by atoms with E-state index in [1.807, 2.05) is 48.5 Å². The van der Waals surface area contributed by atoms with E-state index in [2.05, 4.69) is 22.4 Å².